The zero-order valence-corrected chi connectivity index (χ0v) is 16.7. The molecule has 0 spiro atoms. The van der Waals surface area contributed by atoms with Gasteiger partial charge in [-0.15, -0.1) is 0 Å². The van der Waals surface area contributed by atoms with Gasteiger partial charge in [-0.3, -0.25) is 9.20 Å². The van der Waals surface area contributed by atoms with Crippen LogP contribution in [0.5, 0.6) is 0 Å². The third kappa shape index (κ3) is 5.78. The topological polar surface area (TPSA) is 93.4 Å². The Morgan fingerprint density at radius 1 is 1.48 bits per heavy atom. The van der Waals surface area contributed by atoms with Gasteiger partial charge in [0.1, 0.15) is 12.4 Å². The molecule has 25 heavy (non-hydrogen) atoms. The molecule has 2 atom stereocenters. The van der Waals surface area contributed by atoms with Crippen LogP contribution in [-0.4, -0.2) is 62.2 Å². The largest absolute Gasteiger partial charge is 0.377 e. The molecule has 2 N–H and O–H groups in total. The van der Waals surface area contributed by atoms with Crippen molar-refractivity contribution in [3.63, 3.8) is 0 Å². The molecule has 0 radical (unpaired) electrons. The summed E-state index contributed by atoms with van der Waals surface area (Å²) in [6.45, 7) is 7.79. The van der Waals surface area contributed by atoms with Gasteiger partial charge in [-0.2, -0.15) is 5.10 Å². The first-order chi connectivity index (χ1) is 11.8. The van der Waals surface area contributed by atoms with E-state index < -0.39 is 10.8 Å². The van der Waals surface area contributed by atoms with Crippen LogP contribution in [0.2, 0.25) is 0 Å². The van der Waals surface area contributed by atoms with Crippen LogP contribution >= 0.6 is 0 Å². The fourth-order valence-electron chi connectivity index (χ4n) is 2.62. The lowest BCUT2D eigenvalue weighted by Gasteiger charge is -2.25. The Morgan fingerprint density at radius 3 is 2.88 bits per heavy atom. The molecule has 0 aliphatic carbocycles. The van der Waals surface area contributed by atoms with Crippen LogP contribution in [0.4, 0.5) is 0 Å². The van der Waals surface area contributed by atoms with Gasteiger partial charge in [-0.05, 0) is 27.2 Å². The molecule has 1 aliphatic rings. The van der Waals surface area contributed by atoms with Crippen LogP contribution < -0.4 is 10.6 Å². The third-order valence-electron chi connectivity index (χ3n) is 4.00. The Kier molecular flexibility index (Phi) is 6.95. The smallest absolute Gasteiger partial charge is 0.191 e. The Morgan fingerprint density at radius 2 is 2.24 bits per heavy atom. The number of rotatable bonds is 6. The van der Waals surface area contributed by atoms with E-state index in [0.29, 0.717) is 18.9 Å². The number of aliphatic imine (C=N–C) groups is 1. The van der Waals surface area contributed by atoms with E-state index in [2.05, 4.69) is 25.7 Å². The Balaban J connectivity index is 1.83. The van der Waals surface area contributed by atoms with Gasteiger partial charge in [-0.25, -0.2) is 9.67 Å². The van der Waals surface area contributed by atoms with Crippen molar-refractivity contribution in [2.24, 2.45) is 4.99 Å². The zero-order valence-electron chi connectivity index (χ0n) is 15.8. The summed E-state index contributed by atoms with van der Waals surface area (Å²) in [5.41, 5.74) is 0. The van der Waals surface area contributed by atoms with Crippen molar-refractivity contribution in [1.29, 1.82) is 0 Å². The average Bonchev–Trinajstić information content (AvgIpc) is 2.94. The summed E-state index contributed by atoms with van der Waals surface area (Å²) in [6.07, 6.45) is 1.85. The van der Waals surface area contributed by atoms with Gasteiger partial charge in [-0.1, -0.05) is 0 Å². The van der Waals surface area contributed by atoms with Gasteiger partial charge >= 0.3 is 0 Å². The summed E-state index contributed by atoms with van der Waals surface area (Å²) >= 11 is 0. The zero-order chi connectivity index (χ0) is 18.4. The van der Waals surface area contributed by atoms with E-state index in [4.69, 9.17) is 4.74 Å². The van der Waals surface area contributed by atoms with E-state index in [1.165, 1.54) is 0 Å². The van der Waals surface area contributed by atoms with E-state index in [9.17, 15) is 4.21 Å². The molecular weight excluding hydrogens is 340 g/mol. The third-order valence-corrected chi connectivity index (χ3v) is 5.94. The van der Waals surface area contributed by atoms with Crippen molar-refractivity contribution in [2.75, 3.05) is 26.5 Å². The molecule has 0 amide bonds. The molecule has 2 rings (SSSR count). The number of aromatic nitrogens is 3. The summed E-state index contributed by atoms with van der Waals surface area (Å²) in [7, 11) is 2.52. The van der Waals surface area contributed by atoms with E-state index >= 15 is 0 Å². The molecule has 1 aliphatic heterocycles. The van der Waals surface area contributed by atoms with Crippen molar-refractivity contribution in [1.82, 2.24) is 25.4 Å². The maximum Gasteiger partial charge on any atom is 0.191 e. The average molecular weight is 371 g/mol. The van der Waals surface area contributed by atoms with E-state index in [1.807, 2.05) is 25.5 Å². The van der Waals surface area contributed by atoms with Crippen LogP contribution in [0.3, 0.4) is 0 Å². The molecule has 0 saturated carbocycles. The minimum atomic E-state index is -0.871. The molecule has 0 fully saturated rings. The second-order valence-corrected chi connectivity index (χ2v) is 9.42. The first-order valence-electron chi connectivity index (χ1n) is 8.60. The van der Waals surface area contributed by atoms with Crippen molar-refractivity contribution in [3.05, 3.63) is 11.6 Å². The van der Waals surface area contributed by atoms with Crippen LogP contribution in [0.1, 0.15) is 38.8 Å². The summed E-state index contributed by atoms with van der Waals surface area (Å²) in [4.78, 5) is 8.75. The molecule has 142 valence electrons. The number of guanidine groups is 1. The quantitative estimate of drug-likeness (QED) is 0.558. The molecule has 0 bridgehead atoms. The second kappa shape index (κ2) is 8.75. The number of aryl methyl sites for hydroxylation is 1. The summed E-state index contributed by atoms with van der Waals surface area (Å²) in [6, 6.07) is 0.240. The Bertz CT molecular complexity index is 623. The SMILES string of the molecule is CN=C(NCCS(=O)C(C)(C)C)NC1CCc2nc(COC)nn2C1. The molecule has 9 heteroatoms. The van der Waals surface area contributed by atoms with Crippen LogP contribution in [-0.2, 0) is 35.1 Å². The summed E-state index contributed by atoms with van der Waals surface area (Å²) in [5, 5.41) is 11.1. The second-order valence-electron chi connectivity index (χ2n) is 7.10. The number of fused-ring (bicyclic) bond motifs is 1. The number of nitrogens with one attached hydrogen (secondary N) is 2. The minimum Gasteiger partial charge on any atom is -0.377 e. The minimum absolute atomic E-state index is 0.189. The highest BCUT2D eigenvalue weighted by molar-refractivity contribution is 7.86. The summed E-state index contributed by atoms with van der Waals surface area (Å²) in [5.74, 6) is 3.07. The molecule has 8 nitrogen and oxygen atoms in total. The molecular formula is C16H30N6O2S. The Labute approximate surface area is 152 Å². The first kappa shape index (κ1) is 19.8. The van der Waals surface area contributed by atoms with Crippen LogP contribution in [0, 0.1) is 0 Å². The van der Waals surface area contributed by atoms with Crippen molar-refractivity contribution in [2.45, 2.75) is 57.6 Å². The molecule has 2 heterocycles. The fourth-order valence-corrected chi connectivity index (χ4v) is 3.52. The van der Waals surface area contributed by atoms with Gasteiger partial charge in [0.2, 0.25) is 0 Å². The lowest BCUT2D eigenvalue weighted by Crippen LogP contribution is -2.48. The number of methoxy groups -OCH3 is 1. The molecule has 1 aromatic heterocycles. The van der Waals surface area contributed by atoms with Gasteiger partial charge in [0.15, 0.2) is 11.8 Å². The first-order valence-corrected chi connectivity index (χ1v) is 9.92. The number of nitrogens with zero attached hydrogens (tertiary/aromatic N) is 4. The highest BCUT2D eigenvalue weighted by atomic mass is 32.2. The van der Waals surface area contributed by atoms with Crippen LogP contribution in [0.15, 0.2) is 4.99 Å². The number of ether oxygens (including phenoxy) is 1. The van der Waals surface area contributed by atoms with Crippen molar-refractivity contribution in [3.8, 4) is 0 Å². The van der Waals surface area contributed by atoms with E-state index in [0.717, 1.165) is 37.0 Å². The van der Waals surface area contributed by atoms with Crippen molar-refractivity contribution < 1.29 is 8.95 Å². The van der Waals surface area contributed by atoms with Gasteiger partial charge in [0.05, 0.1) is 6.54 Å². The van der Waals surface area contributed by atoms with Gasteiger partial charge in [0, 0.05) is 54.5 Å². The van der Waals surface area contributed by atoms with E-state index in [-0.39, 0.29) is 10.8 Å². The van der Waals surface area contributed by atoms with Crippen molar-refractivity contribution >= 4 is 16.8 Å². The fraction of sp³-hybridized carbons (Fsp3) is 0.812. The monoisotopic (exact) mass is 370 g/mol. The predicted molar refractivity (Wildman–Crippen MR) is 100 cm³/mol. The van der Waals surface area contributed by atoms with Crippen LogP contribution in [0.25, 0.3) is 0 Å². The summed E-state index contributed by atoms with van der Waals surface area (Å²) < 4.78 is 18.9. The van der Waals surface area contributed by atoms with Gasteiger partial charge < -0.3 is 15.4 Å². The molecule has 2 unspecified atom stereocenters. The maximum absolute atomic E-state index is 12.1. The number of hydrogen-bond acceptors (Lipinski definition) is 5. The predicted octanol–water partition coefficient (Wildman–Crippen LogP) is 0.452. The lowest BCUT2D eigenvalue weighted by molar-refractivity contribution is 0.177. The Hall–Kier alpha value is -1.48. The highest BCUT2D eigenvalue weighted by Crippen LogP contribution is 2.13. The molecule has 1 aromatic rings. The highest BCUT2D eigenvalue weighted by Gasteiger charge is 2.23. The molecule has 0 saturated heterocycles. The molecule has 0 aromatic carbocycles. The normalized spacial score (nSPS) is 19.4. The number of hydrogen-bond donors (Lipinski definition) is 2. The maximum atomic E-state index is 12.1. The lowest BCUT2D eigenvalue weighted by atomic mass is 10.1. The van der Waals surface area contributed by atoms with Gasteiger partial charge in [0.25, 0.3) is 0 Å². The standard InChI is InChI=1S/C16H30N6O2S/c1-16(2,3)25(23)9-8-18-15(17-4)19-12-6-7-14-20-13(11-24-5)21-22(14)10-12/h12H,6-11H2,1-5H3,(H2,17,18,19). The van der Waals surface area contributed by atoms with E-state index in [1.54, 1.807) is 14.2 Å².